The molecule has 1 aliphatic heterocycles. The first-order valence-corrected chi connectivity index (χ1v) is 14.6. The van der Waals surface area contributed by atoms with Crippen LogP contribution in [0, 0.1) is 5.41 Å². The lowest BCUT2D eigenvalue weighted by Crippen LogP contribution is -2.56. The Balaban J connectivity index is 2.36. The molecule has 1 aliphatic rings. The number of hydrogen-bond acceptors (Lipinski definition) is 5. The average molecular weight is 455 g/mol. The number of carboxylic acids is 1. The molecule has 8 heteroatoms. The lowest BCUT2D eigenvalue weighted by molar-refractivity contribution is -0.181. The Morgan fingerprint density at radius 2 is 1.77 bits per heavy atom. The van der Waals surface area contributed by atoms with Crippen LogP contribution < -0.4 is 0 Å². The maximum Gasteiger partial charge on any atom is 0.332 e. The molecule has 0 spiro atoms. The van der Waals surface area contributed by atoms with Gasteiger partial charge in [-0.05, 0) is 36.3 Å². The predicted molar refractivity (Wildman–Crippen MR) is 120 cm³/mol. The Kier molecular flexibility index (Phi) is 8.07. The zero-order valence-corrected chi connectivity index (χ0v) is 20.3. The van der Waals surface area contributed by atoms with Crippen LogP contribution in [0.25, 0.3) is 0 Å². The third kappa shape index (κ3) is 5.41. The van der Waals surface area contributed by atoms with Crippen LogP contribution in [0.4, 0.5) is 0 Å². The first-order chi connectivity index (χ1) is 14.0. The van der Waals surface area contributed by atoms with Gasteiger partial charge in [-0.2, -0.15) is 0 Å². The van der Waals surface area contributed by atoms with Crippen LogP contribution in [-0.2, 0) is 23.8 Å². The monoisotopic (exact) mass is 454 g/mol. The average Bonchev–Trinajstić information content (AvgIpc) is 2.72. The Hall–Kier alpha value is -1.48. The molecule has 0 radical (unpaired) electrons. The van der Waals surface area contributed by atoms with Gasteiger partial charge >= 0.3 is 5.97 Å². The standard InChI is InChI=1S/C22H34O6SSi/c1-6-30(7-2,8-3)28-20-16-18(21(23)24)27-19(22(20,4)5)14-15-29(25,26)17-12-10-9-11-13-17/h9-15,18-20H,6-8,16H2,1-5H3,(H,23,24). The highest BCUT2D eigenvalue weighted by atomic mass is 32.2. The van der Waals surface area contributed by atoms with Crippen LogP contribution in [0.1, 0.15) is 41.0 Å². The lowest BCUT2D eigenvalue weighted by Gasteiger charge is -2.49. The summed E-state index contributed by atoms with van der Waals surface area (Å²) in [5.74, 6) is -1.06. The van der Waals surface area contributed by atoms with Gasteiger partial charge in [0.15, 0.2) is 24.3 Å². The fourth-order valence-corrected chi connectivity index (χ4v) is 7.95. The van der Waals surface area contributed by atoms with E-state index >= 15 is 0 Å². The van der Waals surface area contributed by atoms with Crippen LogP contribution in [-0.4, -0.2) is 46.1 Å². The molecular formula is C22H34O6SSi. The van der Waals surface area contributed by atoms with E-state index in [1.165, 1.54) is 18.2 Å². The minimum absolute atomic E-state index is 0.187. The summed E-state index contributed by atoms with van der Waals surface area (Å²) in [4.78, 5) is 11.9. The Labute approximate surface area is 181 Å². The fourth-order valence-electron chi connectivity index (χ4n) is 3.91. The molecule has 1 aromatic rings. The molecule has 2 rings (SSSR count). The topological polar surface area (TPSA) is 89.9 Å². The van der Waals surface area contributed by atoms with Gasteiger partial charge in [0.25, 0.3) is 0 Å². The number of ether oxygens (including phenoxy) is 1. The van der Waals surface area contributed by atoms with Crippen LogP contribution >= 0.6 is 0 Å². The summed E-state index contributed by atoms with van der Waals surface area (Å²) in [6.07, 6.45) is -0.330. The molecule has 0 bridgehead atoms. The van der Waals surface area contributed by atoms with E-state index in [-0.39, 0.29) is 17.4 Å². The Morgan fingerprint density at radius 3 is 2.27 bits per heavy atom. The van der Waals surface area contributed by atoms with E-state index in [9.17, 15) is 18.3 Å². The molecule has 0 saturated carbocycles. The molecule has 30 heavy (non-hydrogen) atoms. The van der Waals surface area contributed by atoms with Crippen molar-refractivity contribution in [2.45, 2.75) is 82.4 Å². The van der Waals surface area contributed by atoms with E-state index in [2.05, 4.69) is 20.8 Å². The normalized spacial score (nSPS) is 24.8. The zero-order chi connectivity index (χ0) is 22.6. The fraction of sp³-hybridized carbons (Fsp3) is 0.591. The van der Waals surface area contributed by atoms with Gasteiger partial charge in [0.1, 0.15) is 0 Å². The summed E-state index contributed by atoms with van der Waals surface area (Å²) < 4.78 is 37.8. The van der Waals surface area contributed by atoms with Crippen molar-refractivity contribution in [3.05, 3.63) is 41.8 Å². The van der Waals surface area contributed by atoms with Gasteiger partial charge in [-0.1, -0.05) is 52.8 Å². The highest BCUT2D eigenvalue weighted by molar-refractivity contribution is 7.94. The highest BCUT2D eigenvalue weighted by Crippen LogP contribution is 2.42. The van der Waals surface area contributed by atoms with E-state index in [1.54, 1.807) is 18.2 Å². The smallest absolute Gasteiger partial charge is 0.332 e. The van der Waals surface area contributed by atoms with Crippen molar-refractivity contribution in [1.82, 2.24) is 0 Å². The summed E-state index contributed by atoms with van der Waals surface area (Å²) in [6.45, 7) is 10.3. The van der Waals surface area contributed by atoms with Crippen molar-refractivity contribution in [3.63, 3.8) is 0 Å². The second kappa shape index (κ2) is 9.76. The van der Waals surface area contributed by atoms with Crippen LogP contribution in [0.5, 0.6) is 0 Å². The van der Waals surface area contributed by atoms with E-state index in [0.717, 1.165) is 23.5 Å². The molecule has 168 valence electrons. The minimum Gasteiger partial charge on any atom is -0.479 e. The maximum absolute atomic E-state index is 12.7. The van der Waals surface area contributed by atoms with Crippen LogP contribution in [0.2, 0.25) is 18.1 Å². The van der Waals surface area contributed by atoms with Gasteiger partial charge in [-0.15, -0.1) is 0 Å². The molecule has 1 N–H and O–H groups in total. The molecule has 1 aromatic carbocycles. The molecule has 1 fully saturated rings. The number of benzene rings is 1. The number of rotatable bonds is 9. The lowest BCUT2D eigenvalue weighted by atomic mass is 9.76. The van der Waals surface area contributed by atoms with Crippen molar-refractivity contribution < 1.29 is 27.5 Å². The zero-order valence-electron chi connectivity index (χ0n) is 18.5. The van der Waals surface area contributed by atoms with Crippen LogP contribution in [0.3, 0.4) is 0 Å². The molecule has 0 amide bonds. The first-order valence-electron chi connectivity index (χ1n) is 10.6. The summed E-state index contributed by atoms with van der Waals surface area (Å²) in [7, 11) is -5.64. The van der Waals surface area contributed by atoms with Crippen molar-refractivity contribution in [1.29, 1.82) is 0 Å². The highest BCUT2D eigenvalue weighted by Gasteiger charge is 2.49. The molecule has 0 aromatic heterocycles. The minimum atomic E-state index is -3.65. The largest absolute Gasteiger partial charge is 0.479 e. The van der Waals surface area contributed by atoms with Gasteiger partial charge in [0.2, 0.25) is 0 Å². The number of hydrogen-bond donors (Lipinski definition) is 1. The van der Waals surface area contributed by atoms with E-state index < -0.39 is 41.7 Å². The van der Waals surface area contributed by atoms with E-state index in [4.69, 9.17) is 9.16 Å². The molecule has 0 aliphatic carbocycles. The summed E-state index contributed by atoms with van der Waals surface area (Å²) in [6, 6.07) is 11.0. The van der Waals surface area contributed by atoms with Crippen molar-refractivity contribution in [3.8, 4) is 0 Å². The Morgan fingerprint density at radius 1 is 1.20 bits per heavy atom. The van der Waals surface area contributed by atoms with Crippen molar-refractivity contribution in [2.24, 2.45) is 5.41 Å². The summed E-state index contributed by atoms with van der Waals surface area (Å²) in [5.41, 5.74) is -0.577. The third-order valence-electron chi connectivity index (χ3n) is 6.41. The van der Waals surface area contributed by atoms with Gasteiger partial charge < -0.3 is 14.3 Å². The molecule has 3 atom stereocenters. The molecule has 3 unspecified atom stereocenters. The number of aliphatic carboxylic acids is 1. The Bertz CT molecular complexity index is 837. The van der Waals surface area contributed by atoms with Gasteiger partial charge in [-0.3, -0.25) is 0 Å². The van der Waals surface area contributed by atoms with Gasteiger partial charge in [-0.25, -0.2) is 13.2 Å². The maximum atomic E-state index is 12.7. The number of carboxylic acid groups (broad SMARTS) is 1. The molecular weight excluding hydrogens is 420 g/mol. The quantitative estimate of drug-likeness (QED) is 0.547. The SMILES string of the molecule is CC[Si](CC)(CC)OC1CC(C(=O)O)OC(C=CS(=O)(=O)c2ccccc2)C1(C)C. The third-order valence-corrected chi connectivity index (χ3v) is 12.5. The van der Waals surface area contributed by atoms with Crippen molar-refractivity contribution in [2.75, 3.05) is 0 Å². The first kappa shape index (κ1) is 24.8. The van der Waals surface area contributed by atoms with Gasteiger partial charge in [0.05, 0.1) is 17.1 Å². The second-order valence-electron chi connectivity index (χ2n) is 8.48. The van der Waals surface area contributed by atoms with Gasteiger partial charge in [0, 0.05) is 17.2 Å². The van der Waals surface area contributed by atoms with E-state index in [0.29, 0.717) is 0 Å². The number of sulfone groups is 1. The molecule has 1 heterocycles. The second-order valence-corrected chi connectivity index (χ2v) is 15.0. The molecule has 6 nitrogen and oxygen atoms in total. The predicted octanol–water partition coefficient (Wildman–Crippen LogP) is 4.63. The summed E-state index contributed by atoms with van der Waals surface area (Å²) in [5, 5.41) is 10.7. The van der Waals surface area contributed by atoms with Crippen LogP contribution in [0.15, 0.2) is 46.7 Å². The van der Waals surface area contributed by atoms with E-state index in [1.807, 2.05) is 13.8 Å². The molecule has 1 saturated heterocycles. The number of carbonyl (C=O) groups is 1. The van der Waals surface area contributed by atoms with Crippen molar-refractivity contribution >= 4 is 24.1 Å². The summed E-state index contributed by atoms with van der Waals surface area (Å²) >= 11 is 0.